The molecule has 0 saturated carbocycles. The highest BCUT2D eigenvalue weighted by Crippen LogP contribution is 2.19. The summed E-state index contributed by atoms with van der Waals surface area (Å²) >= 11 is 1.52. The lowest BCUT2D eigenvalue weighted by atomic mass is 10.1. The molecule has 0 bridgehead atoms. The molecular weight excluding hydrogens is 391 g/mol. The summed E-state index contributed by atoms with van der Waals surface area (Å²) in [5, 5.41) is 16.9. The minimum Gasteiger partial charge on any atom is -0.350 e. The molecule has 1 aromatic carbocycles. The second-order valence-electron chi connectivity index (χ2n) is 6.64. The Labute approximate surface area is 170 Å². The second-order valence-corrected chi connectivity index (χ2v) is 7.48. The van der Waals surface area contributed by atoms with Crippen LogP contribution in [0.5, 0.6) is 0 Å². The molecule has 7 nitrogen and oxygen atoms in total. The summed E-state index contributed by atoms with van der Waals surface area (Å²) in [6.07, 6.45) is 0.612. The van der Waals surface area contributed by atoms with Gasteiger partial charge in [-0.25, -0.2) is 14.1 Å². The van der Waals surface area contributed by atoms with E-state index in [9.17, 15) is 9.18 Å². The Morgan fingerprint density at radius 1 is 1.24 bits per heavy atom. The predicted molar refractivity (Wildman–Crippen MR) is 109 cm³/mol. The van der Waals surface area contributed by atoms with Crippen LogP contribution in [0.2, 0.25) is 0 Å². The van der Waals surface area contributed by atoms with Crippen molar-refractivity contribution < 1.29 is 9.18 Å². The maximum Gasteiger partial charge on any atom is 0.269 e. The Kier molecular flexibility index (Phi) is 5.22. The van der Waals surface area contributed by atoms with E-state index in [-0.39, 0.29) is 11.7 Å². The highest BCUT2D eigenvalue weighted by molar-refractivity contribution is 7.12. The van der Waals surface area contributed by atoms with Crippen LogP contribution in [0.25, 0.3) is 16.4 Å². The second kappa shape index (κ2) is 7.96. The van der Waals surface area contributed by atoms with Crippen LogP contribution in [0.3, 0.4) is 0 Å². The maximum atomic E-state index is 13.0. The molecule has 0 saturated heterocycles. The summed E-state index contributed by atoms with van der Waals surface area (Å²) in [7, 11) is 0. The molecule has 0 aliphatic rings. The number of carbonyl (C=O) groups is 1. The number of carbonyl (C=O) groups excluding carboxylic acids is 1. The molecule has 4 rings (SSSR count). The van der Waals surface area contributed by atoms with Crippen molar-refractivity contribution in [2.75, 3.05) is 6.54 Å². The minimum atomic E-state index is -0.315. The van der Waals surface area contributed by atoms with Crippen LogP contribution in [-0.2, 0) is 6.42 Å². The summed E-state index contributed by atoms with van der Waals surface area (Å²) < 4.78 is 14.9. The molecule has 0 unspecified atom stereocenters. The van der Waals surface area contributed by atoms with Crippen LogP contribution in [0, 0.1) is 19.7 Å². The fourth-order valence-corrected chi connectivity index (χ4v) is 3.80. The molecule has 4 aromatic rings. The molecule has 0 aliphatic carbocycles. The zero-order valence-corrected chi connectivity index (χ0v) is 16.8. The molecule has 0 spiro atoms. The number of rotatable bonds is 6. The summed E-state index contributed by atoms with van der Waals surface area (Å²) in [5.41, 5.74) is 4.56. The Morgan fingerprint density at radius 2 is 2.03 bits per heavy atom. The van der Waals surface area contributed by atoms with Crippen molar-refractivity contribution in [3.8, 4) is 16.4 Å². The van der Waals surface area contributed by atoms with E-state index < -0.39 is 0 Å². The van der Waals surface area contributed by atoms with Gasteiger partial charge in [-0.1, -0.05) is 0 Å². The highest BCUT2D eigenvalue weighted by atomic mass is 32.1. The molecule has 9 heteroatoms. The van der Waals surface area contributed by atoms with Crippen molar-refractivity contribution in [1.29, 1.82) is 0 Å². The Balaban J connectivity index is 1.34. The Bertz CT molecular complexity index is 1140. The van der Waals surface area contributed by atoms with E-state index in [1.165, 1.54) is 23.5 Å². The standard InChI is InChI=1S/C20H19FN6OS/c1-12-9-13(2)27(26-12)20-23-16(11-29-20)7-8-22-19(28)18-10-17(24-25-18)14-3-5-15(21)6-4-14/h3-6,9-11H,7-8H2,1-2H3,(H,22,28)(H,24,25). The van der Waals surface area contributed by atoms with Crippen LogP contribution < -0.4 is 5.32 Å². The molecule has 148 valence electrons. The van der Waals surface area contributed by atoms with E-state index in [1.807, 2.05) is 30.0 Å². The van der Waals surface area contributed by atoms with Crippen molar-refractivity contribution in [2.45, 2.75) is 20.3 Å². The smallest absolute Gasteiger partial charge is 0.269 e. The fourth-order valence-electron chi connectivity index (χ4n) is 2.94. The number of aryl methyl sites for hydroxylation is 2. The number of H-pyrrole nitrogens is 1. The molecule has 0 aliphatic heterocycles. The monoisotopic (exact) mass is 410 g/mol. The number of benzene rings is 1. The van der Waals surface area contributed by atoms with Gasteiger partial charge in [0.15, 0.2) is 0 Å². The van der Waals surface area contributed by atoms with Gasteiger partial charge < -0.3 is 5.32 Å². The third-order valence-electron chi connectivity index (χ3n) is 4.36. The normalized spacial score (nSPS) is 11.0. The van der Waals surface area contributed by atoms with Crippen LogP contribution in [0.15, 0.2) is 41.8 Å². The third kappa shape index (κ3) is 4.24. The van der Waals surface area contributed by atoms with Crippen LogP contribution in [0.1, 0.15) is 27.6 Å². The Morgan fingerprint density at radius 3 is 2.76 bits per heavy atom. The number of thiazole rings is 1. The van der Waals surface area contributed by atoms with E-state index in [2.05, 4.69) is 25.6 Å². The maximum absolute atomic E-state index is 13.0. The molecule has 29 heavy (non-hydrogen) atoms. The highest BCUT2D eigenvalue weighted by Gasteiger charge is 2.12. The lowest BCUT2D eigenvalue weighted by Crippen LogP contribution is -2.26. The first-order valence-electron chi connectivity index (χ1n) is 9.07. The van der Waals surface area contributed by atoms with Gasteiger partial charge in [-0.05, 0) is 50.2 Å². The molecule has 0 radical (unpaired) electrons. The van der Waals surface area contributed by atoms with Gasteiger partial charge in [-0.2, -0.15) is 10.2 Å². The van der Waals surface area contributed by atoms with Crippen molar-refractivity contribution in [2.24, 2.45) is 0 Å². The lowest BCUT2D eigenvalue weighted by Gasteiger charge is -2.01. The van der Waals surface area contributed by atoms with Crippen molar-refractivity contribution in [3.05, 3.63) is 70.4 Å². The van der Waals surface area contributed by atoms with E-state index >= 15 is 0 Å². The number of nitrogens with zero attached hydrogens (tertiary/aromatic N) is 4. The first kappa shape index (κ1) is 19.0. The van der Waals surface area contributed by atoms with E-state index in [1.54, 1.807) is 18.2 Å². The Hall–Kier alpha value is -3.33. The van der Waals surface area contributed by atoms with Gasteiger partial charge in [0.1, 0.15) is 11.5 Å². The molecule has 3 heterocycles. The number of hydrogen-bond donors (Lipinski definition) is 2. The van der Waals surface area contributed by atoms with Crippen molar-refractivity contribution in [1.82, 2.24) is 30.3 Å². The summed E-state index contributed by atoms with van der Waals surface area (Å²) in [6, 6.07) is 9.61. The molecule has 0 atom stereocenters. The van der Waals surface area contributed by atoms with Gasteiger partial charge in [0, 0.05) is 29.6 Å². The van der Waals surface area contributed by atoms with E-state index in [4.69, 9.17) is 0 Å². The lowest BCUT2D eigenvalue weighted by molar-refractivity contribution is 0.0949. The zero-order chi connectivity index (χ0) is 20.4. The summed E-state index contributed by atoms with van der Waals surface area (Å²) in [4.78, 5) is 16.9. The number of amides is 1. The molecular formula is C20H19FN6OS. The predicted octanol–water partition coefficient (Wildman–Crippen LogP) is 3.45. The zero-order valence-electron chi connectivity index (χ0n) is 15.9. The quantitative estimate of drug-likeness (QED) is 0.510. The molecule has 2 N–H and O–H groups in total. The number of aromatic amines is 1. The van der Waals surface area contributed by atoms with Crippen molar-refractivity contribution in [3.63, 3.8) is 0 Å². The van der Waals surface area contributed by atoms with Crippen molar-refractivity contribution >= 4 is 17.2 Å². The van der Waals surface area contributed by atoms with Gasteiger partial charge in [0.25, 0.3) is 5.91 Å². The van der Waals surface area contributed by atoms with E-state index in [0.29, 0.717) is 24.4 Å². The van der Waals surface area contributed by atoms with E-state index in [0.717, 1.165) is 27.8 Å². The topological polar surface area (TPSA) is 88.5 Å². The molecule has 0 fully saturated rings. The molecule has 1 amide bonds. The largest absolute Gasteiger partial charge is 0.350 e. The first-order chi connectivity index (χ1) is 14.0. The SMILES string of the molecule is Cc1cc(C)n(-c2nc(CCNC(=O)c3cc(-c4ccc(F)cc4)n[nH]3)cs2)n1. The number of halogens is 1. The van der Waals surface area contributed by atoms with Gasteiger partial charge in [0.2, 0.25) is 5.13 Å². The summed E-state index contributed by atoms with van der Waals surface area (Å²) in [5.74, 6) is -0.565. The van der Waals surface area contributed by atoms with Gasteiger partial charge in [-0.3, -0.25) is 9.89 Å². The average molecular weight is 410 g/mol. The van der Waals surface area contributed by atoms with Crippen LogP contribution >= 0.6 is 11.3 Å². The number of hydrogen-bond acceptors (Lipinski definition) is 5. The number of aromatic nitrogens is 5. The molecule has 3 aromatic heterocycles. The fraction of sp³-hybridized carbons (Fsp3) is 0.200. The van der Waals surface area contributed by atoms with Gasteiger partial charge in [0.05, 0.1) is 17.1 Å². The number of nitrogens with one attached hydrogen (secondary N) is 2. The van der Waals surface area contributed by atoms with Crippen LogP contribution in [-0.4, -0.2) is 37.4 Å². The summed E-state index contributed by atoms with van der Waals surface area (Å²) in [6.45, 7) is 4.39. The van der Waals surface area contributed by atoms with Crippen LogP contribution in [0.4, 0.5) is 4.39 Å². The van der Waals surface area contributed by atoms with Gasteiger partial charge in [-0.15, -0.1) is 11.3 Å². The van der Waals surface area contributed by atoms with Gasteiger partial charge >= 0.3 is 0 Å². The first-order valence-corrected chi connectivity index (χ1v) is 9.95. The minimum absolute atomic E-state index is 0.250. The third-order valence-corrected chi connectivity index (χ3v) is 5.22. The average Bonchev–Trinajstić information content (AvgIpc) is 3.42.